The number of likely N-dealkylation sites (N-methyl/N-ethyl adjacent to an activating group) is 1. The molecule has 0 saturated heterocycles. The van der Waals surface area contributed by atoms with Crippen molar-refractivity contribution in [1.29, 1.82) is 0 Å². The maximum absolute atomic E-state index is 11.8. The second-order valence-electron chi connectivity index (χ2n) is 5.48. The molecule has 1 unspecified atom stereocenters. The summed E-state index contributed by atoms with van der Waals surface area (Å²) in [6, 6.07) is 6.39. The van der Waals surface area contributed by atoms with Gasteiger partial charge in [-0.05, 0) is 11.6 Å². The van der Waals surface area contributed by atoms with Gasteiger partial charge in [-0.25, -0.2) is 0 Å². The van der Waals surface area contributed by atoms with Crippen molar-refractivity contribution >= 4 is 23.4 Å². The van der Waals surface area contributed by atoms with E-state index < -0.39 is 4.92 Å². The van der Waals surface area contributed by atoms with Crippen molar-refractivity contribution in [2.75, 3.05) is 25.9 Å². The monoisotopic (exact) mass is 337 g/mol. The lowest BCUT2D eigenvalue weighted by Crippen LogP contribution is -3.09. The Kier molecular flexibility index (Phi) is 6.42. The van der Waals surface area contributed by atoms with Gasteiger partial charge in [0.2, 0.25) is 5.91 Å². The lowest BCUT2D eigenvalue weighted by Gasteiger charge is -2.20. The maximum atomic E-state index is 11.8. The molecule has 0 aromatic heterocycles. The van der Waals surface area contributed by atoms with Gasteiger partial charge in [0.05, 0.1) is 30.8 Å². The highest BCUT2D eigenvalue weighted by Crippen LogP contribution is 2.16. The number of amides is 1. The first-order valence-electron chi connectivity index (χ1n) is 7.41. The number of nitro benzene ring substituents is 1. The number of nitrogens with zero attached hydrogens (tertiary/aromatic N) is 1. The average Bonchev–Trinajstić information content (AvgIpc) is 2.55. The molecule has 1 heterocycles. The fourth-order valence-corrected chi connectivity index (χ4v) is 2.91. The van der Waals surface area contributed by atoms with E-state index in [-0.39, 0.29) is 11.6 Å². The molecular formula is C15H21N4O3S+. The molecular weight excluding hydrogens is 316 g/mol. The zero-order chi connectivity index (χ0) is 16.7. The van der Waals surface area contributed by atoms with Crippen LogP contribution in [0.4, 0.5) is 5.69 Å². The summed E-state index contributed by atoms with van der Waals surface area (Å²) < 4.78 is 0. The van der Waals surface area contributed by atoms with Gasteiger partial charge in [0.25, 0.3) is 5.69 Å². The molecule has 0 saturated carbocycles. The summed E-state index contributed by atoms with van der Waals surface area (Å²) in [5, 5.41) is 10.6. The van der Waals surface area contributed by atoms with Crippen LogP contribution in [0.1, 0.15) is 12.0 Å². The normalized spacial score (nSPS) is 17.3. The van der Waals surface area contributed by atoms with E-state index in [2.05, 4.69) is 24.0 Å². The highest BCUT2D eigenvalue weighted by Gasteiger charge is 2.11. The van der Waals surface area contributed by atoms with E-state index >= 15 is 0 Å². The summed E-state index contributed by atoms with van der Waals surface area (Å²) in [5.41, 5.74) is 7.77. The lowest BCUT2D eigenvalue weighted by molar-refractivity contribution is -0.875. The minimum atomic E-state index is -0.421. The molecule has 0 radical (unpaired) electrons. The van der Waals surface area contributed by atoms with Gasteiger partial charge in [-0.15, -0.1) is 11.8 Å². The van der Waals surface area contributed by atoms with E-state index in [0.29, 0.717) is 11.5 Å². The minimum Gasteiger partial charge on any atom is -0.334 e. The van der Waals surface area contributed by atoms with Gasteiger partial charge < -0.3 is 10.3 Å². The third-order valence-corrected chi connectivity index (χ3v) is 4.53. The molecule has 1 amide bonds. The Balaban J connectivity index is 1.65. The van der Waals surface area contributed by atoms with Gasteiger partial charge >= 0.3 is 0 Å². The lowest BCUT2D eigenvalue weighted by atomic mass is 10.2. The smallest absolute Gasteiger partial charge is 0.269 e. The Hall–Kier alpha value is -2.06. The summed E-state index contributed by atoms with van der Waals surface area (Å²) in [5.74, 6) is 0.897. The largest absolute Gasteiger partial charge is 0.334 e. The molecule has 3 N–H and O–H groups in total. The van der Waals surface area contributed by atoms with E-state index in [4.69, 9.17) is 0 Å². The molecule has 124 valence electrons. The first-order chi connectivity index (χ1) is 11.0. The van der Waals surface area contributed by atoms with Gasteiger partial charge in [0.1, 0.15) is 0 Å². The zero-order valence-corrected chi connectivity index (χ0v) is 13.8. The van der Waals surface area contributed by atoms with Crippen molar-refractivity contribution < 1.29 is 14.6 Å². The summed E-state index contributed by atoms with van der Waals surface area (Å²) in [6.45, 7) is 2.02. The van der Waals surface area contributed by atoms with Crippen LogP contribution in [0.25, 0.3) is 0 Å². The van der Waals surface area contributed by atoms with Crippen LogP contribution >= 0.6 is 11.8 Å². The van der Waals surface area contributed by atoms with Crippen LogP contribution in [0, 0.1) is 10.1 Å². The number of benzene rings is 1. The number of hydrazine groups is 1. The number of non-ortho nitro benzene ring substituents is 1. The summed E-state index contributed by atoms with van der Waals surface area (Å²) in [4.78, 5) is 23.4. The third kappa shape index (κ3) is 5.91. The Labute approximate surface area is 139 Å². The molecule has 0 fully saturated rings. The average molecular weight is 337 g/mol. The molecule has 0 aliphatic carbocycles. The van der Waals surface area contributed by atoms with Crippen molar-refractivity contribution in [3.8, 4) is 0 Å². The predicted octanol–water partition coefficient (Wildman–Crippen LogP) is 0.251. The van der Waals surface area contributed by atoms with E-state index in [1.54, 1.807) is 12.1 Å². The topological polar surface area (TPSA) is 88.7 Å². The van der Waals surface area contributed by atoms with Crippen LogP contribution in [-0.2, 0) is 10.5 Å². The second-order valence-corrected chi connectivity index (χ2v) is 6.47. The second kappa shape index (κ2) is 8.54. The number of hydrogen-bond acceptors (Lipinski definition) is 5. The molecule has 1 atom stereocenters. The molecule has 2 rings (SSSR count). The Bertz CT molecular complexity index is 589. The third-order valence-electron chi connectivity index (χ3n) is 3.53. The Morgan fingerprint density at radius 3 is 2.74 bits per heavy atom. The highest BCUT2D eigenvalue weighted by molar-refractivity contribution is 7.99. The van der Waals surface area contributed by atoms with Crippen LogP contribution < -0.4 is 15.8 Å². The highest BCUT2D eigenvalue weighted by atomic mass is 32.2. The van der Waals surface area contributed by atoms with E-state index in [9.17, 15) is 14.9 Å². The molecule has 7 nitrogen and oxygen atoms in total. The number of carbonyl (C=O) groups excluding carboxylic acids is 1. The molecule has 1 aliphatic heterocycles. The molecule has 1 aromatic rings. The molecule has 1 aromatic carbocycles. The van der Waals surface area contributed by atoms with Crippen LogP contribution in [0.5, 0.6) is 0 Å². The Morgan fingerprint density at radius 2 is 2.13 bits per heavy atom. The zero-order valence-electron chi connectivity index (χ0n) is 13.0. The first kappa shape index (κ1) is 17.3. The van der Waals surface area contributed by atoms with Crippen molar-refractivity contribution in [3.05, 3.63) is 51.7 Å². The van der Waals surface area contributed by atoms with Crippen molar-refractivity contribution in [2.24, 2.45) is 0 Å². The number of hydrogen-bond donors (Lipinski definition) is 3. The number of carbonyl (C=O) groups is 1. The maximum Gasteiger partial charge on any atom is 0.269 e. The number of thioether (sulfide) groups is 1. The van der Waals surface area contributed by atoms with Crippen molar-refractivity contribution in [2.45, 2.75) is 12.2 Å². The van der Waals surface area contributed by atoms with E-state index in [0.717, 1.165) is 30.8 Å². The van der Waals surface area contributed by atoms with Crippen LogP contribution in [0.3, 0.4) is 0 Å². The van der Waals surface area contributed by atoms with Gasteiger partial charge in [0.15, 0.2) is 0 Å². The van der Waals surface area contributed by atoms with Crippen LogP contribution in [0.2, 0.25) is 0 Å². The number of nitrogens with one attached hydrogen (secondary N) is 3. The molecule has 1 aliphatic rings. The number of rotatable bonds is 7. The first-order valence-corrected chi connectivity index (χ1v) is 8.56. The van der Waals surface area contributed by atoms with Crippen LogP contribution in [0.15, 0.2) is 36.0 Å². The fourth-order valence-electron chi connectivity index (χ4n) is 2.12. The molecule has 0 spiro atoms. The van der Waals surface area contributed by atoms with E-state index in [1.807, 2.05) is 0 Å². The van der Waals surface area contributed by atoms with Crippen molar-refractivity contribution in [1.82, 2.24) is 10.9 Å². The summed E-state index contributed by atoms with van der Waals surface area (Å²) >= 11 is 1.47. The summed E-state index contributed by atoms with van der Waals surface area (Å²) in [6.07, 6.45) is 3.03. The quantitative estimate of drug-likeness (QED) is 0.490. The van der Waals surface area contributed by atoms with E-state index in [1.165, 1.54) is 28.8 Å². The van der Waals surface area contributed by atoms with Crippen LogP contribution in [-0.4, -0.2) is 36.7 Å². The SMILES string of the molecule is C[NH+]1CC=C(NNC(=O)CSCc2ccc([N+](=O)[O-])cc2)CC1. The standard InChI is InChI=1S/C15H20N4O3S/c1-18-8-6-13(7-9-18)16-17-15(20)11-23-10-12-2-4-14(5-3-12)19(21)22/h2-6,16H,7-11H2,1H3,(H,17,20)/p+1. The Morgan fingerprint density at radius 1 is 1.39 bits per heavy atom. The summed E-state index contributed by atoms with van der Waals surface area (Å²) in [7, 11) is 2.14. The fraction of sp³-hybridized carbons (Fsp3) is 0.400. The van der Waals surface area contributed by atoms with Crippen molar-refractivity contribution in [3.63, 3.8) is 0 Å². The van der Waals surface area contributed by atoms with Gasteiger partial charge in [-0.3, -0.25) is 20.3 Å². The van der Waals surface area contributed by atoms with Gasteiger partial charge in [-0.1, -0.05) is 12.1 Å². The van der Waals surface area contributed by atoms with Gasteiger partial charge in [-0.2, -0.15) is 0 Å². The number of quaternary nitrogens is 1. The minimum absolute atomic E-state index is 0.0777. The molecule has 23 heavy (non-hydrogen) atoms. The number of nitro groups is 1. The predicted molar refractivity (Wildman–Crippen MR) is 89.9 cm³/mol. The van der Waals surface area contributed by atoms with Gasteiger partial charge in [0, 0.05) is 30.0 Å². The molecule has 8 heteroatoms. The molecule has 0 bridgehead atoms.